The highest BCUT2D eigenvalue weighted by molar-refractivity contribution is 7.09. The smallest absolute Gasteiger partial charge is 0.308 e. The second-order valence-corrected chi connectivity index (χ2v) is 6.73. The zero-order chi connectivity index (χ0) is 16.4. The predicted molar refractivity (Wildman–Crippen MR) is 85.2 cm³/mol. The van der Waals surface area contributed by atoms with Crippen molar-refractivity contribution in [1.82, 2.24) is 14.9 Å². The van der Waals surface area contributed by atoms with Crippen molar-refractivity contribution in [2.45, 2.75) is 19.3 Å². The summed E-state index contributed by atoms with van der Waals surface area (Å²) in [4.78, 5) is 33.9. The highest BCUT2D eigenvalue weighted by Crippen LogP contribution is 2.33. The third-order valence-corrected chi connectivity index (χ3v) is 4.95. The summed E-state index contributed by atoms with van der Waals surface area (Å²) in [5.74, 6) is -1.72. The number of amides is 1. The number of aromatic nitrogens is 2. The number of thiazole rings is 1. The molecule has 0 bridgehead atoms. The number of hydrogen-bond donors (Lipinski definition) is 1. The van der Waals surface area contributed by atoms with Crippen LogP contribution >= 0.6 is 11.3 Å². The first kappa shape index (κ1) is 15.6. The van der Waals surface area contributed by atoms with Gasteiger partial charge in [-0.3, -0.25) is 14.6 Å². The number of hydrogen-bond acceptors (Lipinski definition) is 5. The lowest BCUT2D eigenvalue weighted by atomic mass is 9.90. The number of aliphatic carboxylic acids is 1. The molecule has 6 nitrogen and oxygen atoms in total. The van der Waals surface area contributed by atoms with E-state index in [1.807, 2.05) is 24.4 Å². The molecular weight excluding hydrogens is 314 g/mol. The van der Waals surface area contributed by atoms with Gasteiger partial charge in [-0.05, 0) is 24.6 Å². The van der Waals surface area contributed by atoms with E-state index in [4.69, 9.17) is 0 Å². The molecule has 1 N–H and O–H groups in total. The number of nitrogens with zero attached hydrogens (tertiary/aromatic N) is 3. The second kappa shape index (κ2) is 6.45. The van der Waals surface area contributed by atoms with Gasteiger partial charge in [-0.25, -0.2) is 4.98 Å². The fraction of sp³-hybridized carbons (Fsp3) is 0.375. The van der Waals surface area contributed by atoms with Gasteiger partial charge >= 0.3 is 5.97 Å². The highest BCUT2D eigenvalue weighted by atomic mass is 32.1. The number of carboxylic acids is 1. The van der Waals surface area contributed by atoms with Crippen LogP contribution in [-0.4, -0.2) is 44.9 Å². The summed E-state index contributed by atoms with van der Waals surface area (Å²) < 4.78 is 0. The van der Waals surface area contributed by atoms with Crippen LogP contribution in [0.4, 0.5) is 0 Å². The van der Waals surface area contributed by atoms with E-state index >= 15 is 0 Å². The summed E-state index contributed by atoms with van der Waals surface area (Å²) >= 11 is 1.51. The summed E-state index contributed by atoms with van der Waals surface area (Å²) in [5.41, 5.74) is 1.66. The molecule has 3 heterocycles. The predicted octanol–water partition coefficient (Wildman–Crippen LogP) is 1.72. The molecule has 0 aromatic carbocycles. The van der Waals surface area contributed by atoms with Crippen molar-refractivity contribution in [3.05, 3.63) is 46.2 Å². The van der Waals surface area contributed by atoms with Gasteiger partial charge in [0.05, 0.1) is 23.0 Å². The van der Waals surface area contributed by atoms with Crippen LogP contribution in [0.5, 0.6) is 0 Å². The van der Waals surface area contributed by atoms with Gasteiger partial charge in [0, 0.05) is 36.8 Å². The number of carbonyl (C=O) groups excluding carboxylic acids is 1. The molecule has 1 aliphatic rings. The molecule has 0 saturated carbocycles. The summed E-state index contributed by atoms with van der Waals surface area (Å²) in [5, 5.41) is 12.3. The van der Waals surface area contributed by atoms with Crippen LogP contribution in [0.15, 0.2) is 29.9 Å². The molecular formula is C16H17N3O3S. The lowest BCUT2D eigenvalue weighted by molar-refractivity contribution is -0.141. The summed E-state index contributed by atoms with van der Waals surface area (Å²) in [6, 6.07) is 3.64. The average molecular weight is 331 g/mol. The van der Waals surface area contributed by atoms with Gasteiger partial charge in [-0.15, -0.1) is 11.3 Å². The Bertz CT molecular complexity index is 716. The van der Waals surface area contributed by atoms with E-state index in [0.29, 0.717) is 6.54 Å². The molecule has 1 saturated heterocycles. The topological polar surface area (TPSA) is 83.4 Å². The van der Waals surface area contributed by atoms with Crippen LogP contribution in [0.3, 0.4) is 0 Å². The van der Waals surface area contributed by atoms with Crippen molar-refractivity contribution in [3.8, 4) is 0 Å². The van der Waals surface area contributed by atoms with Gasteiger partial charge in [0.2, 0.25) is 5.91 Å². The van der Waals surface area contributed by atoms with Crippen molar-refractivity contribution < 1.29 is 14.7 Å². The van der Waals surface area contributed by atoms with Gasteiger partial charge in [0.1, 0.15) is 0 Å². The van der Waals surface area contributed by atoms with E-state index in [1.165, 1.54) is 11.3 Å². The first-order valence-electron chi connectivity index (χ1n) is 7.36. The average Bonchev–Trinajstić information content (AvgIpc) is 3.15. The van der Waals surface area contributed by atoms with Crippen LogP contribution in [0.2, 0.25) is 0 Å². The van der Waals surface area contributed by atoms with Crippen LogP contribution in [0, 0.1) is 12.8 Å². The number of rotatable bonds is 4. The number of carbonyl (C=O) groups is 2. The molecule has 3 rings (SSSR count). The third-order valence-electron chi connectivity index (χ3n) is 4.12. The summed E-state index contributed by atoms with van der Waals surface area (Å²) in [6.45, 7) is 2.56. The normalized spacial score (nSPS) is 20.7. The van der Waals surface area contributed by atoms with Crippen LogP contribution < -0.4 is 0 Å². The van der Waals surface area contributed by atoms with E-state index in [0.717, 1.165) is 16.3 Å². The number of carboxylic acid groups (broad SMARTS) is 1. The number of likely N-dealkylation sites (tertiary alicyclic amines) is 1. The van der Waals surface area contributed by atoms with Crippen molar-refractivity contribution in [2.75, 3.05) is 13.1 Å². The Morgan fingerprint density at radius 1 is 1.35 bits per heavy atom. The first-order chi connectivity index (χ1) is 11.0. The zero-order valence-corrected chi connectivity index (χ0v) is 13.5. The maximum absolute atomic E-state index is 12.5. The highest BCUT2D eigenvalue weighted by Gasteiger charge is 2.40. The Labute approximate surface area is 137 Å². The minimum Gasteiger partial charge on any atom is -0.481 e. The molecule has 2 aromatic heterocycles. The Morgan fingerprint density at radius 2 is 2.09 bits per heavy atom. The Hall–Kier alpha value is -2.28. The lowest BCUT2D eigenvalue weighted by Gasteiger charge is -2.16. The molecule has 1 aliphatic heterocycles. The molecule has 120 valence electrons. The van der Waals surface area contributed by atoms with E-state index in [9.17, 15) is 14.7 Å². The largest absolute Gasteiger partial charge is 0.481 e. The van der Waals surface area contributed by atoms with Crippen molar-refractivity contribution in [1.29, 1.82) is 0 Å². The van der Waals surface area contributed by atoms with Gasteiger partial charge in [0.15, 0.2) is 0 Å². The summed E-state index contributed by atoms with van der Waals surface area (Å²) in [6.07, 6.45) is 3.52. The fourth-order valence-corrected chi connectivity index (χ4v) is 3.57. The van der Waals surface area contributed by atoms with Crippen LogP contribution in [-0.2, 0) is 16.0 Å². The first-order valence-corrected chi connectivity index (χ1v) is 8.24. The maximum atomic E-state index is 12.5. The van der Waals surface area contributed by atoms with Gasteiger partial charge < -0.3 is 10.0 Å². The molecule has 7 heteroatoms. The minimum absolute atomic E-state index is 0.0712. The molecule has 0 unspecified atom stereocenters. The second-order valence-electron chi connectivity index (χ2n) is 5.67. The molecule has 23 heavy (non-hydrogen) atoms. The molecule has 0 spiro atoms. The molecule has 0 radical (unpaired) electrons. The van der Waals surface area contributed by atoms with Crippen molar-refractivity contribution in [3.63, 3.8) is 0 Å². The van der Waals surface area contributed by atoms with E-state index in [1.54, 1.807) is 17.3 Å². The number of aryl methyl sites for hydroxylation is 1. The molecule has 1 amide bonds. The Kier molecular flexibility index (Phi) is 4.38. The van der Waals surface area contributed by atoms with E-state index in [-0.39, 0.29) is 24.8 Å². The minimum atomic E-state index is -0.869. The maximum Gasteiger partial charge on any atom is 0.308 e. The SMILES string of the molecule is Cc1nc(CC(=O)N2C[C@H](C(=O)O)[C@@H](c3ccncc3)C2)cs1. The Morgan fingerprint density at radius 3 is 2.70 bits per heavy atom. The number of pyridine rings is 1. The van der Waals surface area contributed by atoms with Crippen molar-refractivity contribution >= 4 is 23.2 Å². The molecule has 2 atom stereocenters. The summed E-state index contributed by atoms with van der Waals surface area (Å²) in [7, 11) is 0. The fourth-order valence-electron chi connectivity index (χ4n) is 2.96. The standard InChI is InChI=1S/C16H17N3O3S/c1-10-18-12(9-23-10)6-15(20)19-7-13(14(8-19)16(21)22)11-2-4-17-5-3-11/h2-5,9,13-14H,6-8H2,1H3,(H,21,22)/t13-,14+/m1/s1. The molecule has 1 fully saturated rings. The van der Waals surface area contributed by atoms with Gasteiger partial charge in [0.25, 0.3) is 0 Å². The van der Waals surface area contributed by atoms with Gasteiger partial charge in [-0.2, -0.15) is 0 Å². The Balaban J connectivity index is 1.74. The van der Waals surface area contributed by atoms with Crippen LogP contribution in [0.1, 0.15) is 22.2 Å². The zero-order valence-electron chi connectivity index (χ0n) is 12.7. The van der Waals surface area contributed by atoms with E-state index < -0.39 is 11.9 Å². The molecule has 2 aromatic rings. The molecule has 0 aliphatic carbocycles. The quantitative estimate of drug-likeness (QED) is 0.922. The lowest BCUT2D eigenvalue weighted by Crippen LogP contribution is -2.31. The van der Waals surface area contributed by atoms with Crippen molar-refractivity contribution in [2.24, 2.45) is 5.92 Å². The van der Waals surface area contributed by atoms with Gasteiger partial charge in [-0.1, -0.05) is 0 Å². The van der Waals surface area contributed by atoms with E-state index in [2.05, 4.69) is 9.97 Å². The third kappa shape index (κ3) is 3.39. The van der Waals surface area contributed by atoms with Crippen LogP contribution in [0.25, 0.3) is 0 Å². The monoisotopic (exact) mass is 331 g/mol.